The highest BCUT2D eigenvalue weighted by atomic mass is 15.0. The van der Waals surface area contributed by atoms with E-state index in [0.29, 0.717) is 5.82 Å². The molecule has 1 atom stereocenters. The predicted molar refractivity (Wildman–Crippen MR) is 102 cm³/mol. The Hall–Kier alpha value is -3.41. The molecule has 4 rings (SSSR count). The SMILES string of the molecule is Cc1nc(-c2ccncc2)ncc1C(C)Nc1cnc2ccccc2n1. The summed E-state index contributed by atoms with van der Waals surface area (Å²) >= 11 is 0. The third-order valence-corrected chi connectivity index (χ3v) is 4.24. The highest BCUT2D eigenvalue weighted by Gasteiger charge is 2.13. The second kappa shape index (κ2) is 6.84. The van der Waals surface area contributed by atoms with Crippen molar-refractivity contribution in [2.45, 2.75) is 19.9 Å². The van der Waals surface area contributed by atoms with E-state index >= 15 is 0 Å². The monoisotopic (exact) mass is 342 g/mol. The van der Waals surface area contributed by atoms with Gasteiger partial charge in [0, 0.05) is 35.4 Å². The maximum Gasteiger partial charge on any atom is 0.159 e. The molecule has 128 valence electrons. The highest BCUT2D eigenvalue weighted by molar-refractivity contribution is 5.75. The van der Waals surface area contributed by atoms with Gasteiger partial charge < -0.3 is 5.32 Å². The second-order valence-corrected chi connectivity index (χ2v) is 6.08. The van der Waals surface area contributed by atoms with Crippen LogP contribution >= 0.6 is 0 Å². The molecule has 1 unspecified atom stereocenters. The van der Waals surface area contributed by atoms with Crippen molar-refractivity contribution < 1.29 is 0 Å². The van der Waals surface area contributed by atoms with E-state index in [-0.39, 0.29) is 6.04 Å². The molecule has 1 N–H and O–H groups in total. The number of fused-ring (bicyclic) bond motifs is 1. The summed E-state index contributed by atoms with van der Waals surface area (Å²) in [5.41, 5.74) is 4.66. The Bertz CT molecular complexity index is 1050. The van der Waals surface area contributed by atoms with Gasteiger partial charge in [-0.15, -0.1) is 0 Å². The molecule has 6 heteroatoms. The normalized spacial score (nSPS) is 12.1. The predicted octanol–water partition coefficient (Wildman–Crippen LogP) is 3.96. The Labute approximate surface area is 151 Å². The maximum absolute atomic E-state index is 4.64. The van der Waals surface area contributed by atoms with E-state index in [1.807, 2.05) is 49.5 Å². The maximum atomic E-state index is 4.64. The number of hydrogen-bond acceptors (Lipinski definition) is 6. The first-order valence-electron chi connectivity index (χ1n) is 8.43. The lowest BCUT2D eigenvalue weighted by Gasteiger charge is -2.17. The zero-order chi connectivity index (χ0) is 17.9. The van der Waals surface area contributed by atoms with Gasteiger partial charge in [-0.25, -0.2) is 15.0 Å². The molecular weight excluding hydrogens is 324 g/mol. The van der Waals surface area contributed by atoms with Crippen LogP contribution in [0.4, 0.5) is 5.82 Å². The van der Waals surface area contributed by atoms with Crippen LogP contribution in [-0.2, 0) is 0 Å². The number of para-hydroxylation sites is 2. The lowest BCUT2D eigenvalue weighted by Crippen LogP contribution is -2.11. The summed E-state index contributed by atoms with van der Waals surface area (Å²) in [6.45, 7) is 4.06. The molecule has 0 bridgehead atoms. The van der Waals surface area contributed by atoms with Crippen LogP contribution in [-0.4, -0.2) is 24.9 Å². The Balaban J connectivity index is 1.58. The van der Waals surface area contributed by atoms with Crippen LogP contribution in [0.25, 0.3) is 22.4 Å². The van der Waals surface area contributed by atoms with E-state index in [0.717, 1.165) is 33.7 Å². The fourth-order valence-electron chi connectivity index (χ4n) is 2.87. The molecule has 26 heavy (non-hydrogen) atoms. The van der Waals surface area contributed by atoms with Gasteiger partial charge in [-0.3, -0.25) is 9.97 Å². The van der Waals surface area contributed by atoms with Gasteiger partial charge in [-0.2, -0.15) is 0 Å². The fraction of sp³-hybridized carbons (Fsp3) is 0.150. The van der Waals surface area contributed by atoms with E-state index < -0.39 is 0 Å². The molecule has 0 aliphatic rings. The van der Waals surface area contributed by atoms with E-state index in [4.69, 9.17) is 0 Å². The first-order valence-corrected chi connectivity index (χ1v) is 8.43. The minimum absolute atomic E-state index is 0.0111. The molecule has 0 saturated carbocycles. The van der Waals surface area contributed by atoms with E-state index in [1.165, 1.54) is 0 Å². The van der Waals surface area contributed by atoms with Crippen LogP contribution in [0.5, 0.6) is 0 Å². The fourth-order valence-corrected chi connectivity index (χ4v) is 2.87. The van der Waals surface area contributed by atoms with Crippen LogP contribution in [0, 0.1) is 6.92 Å². The highest BCUT2D eigenvalue weighted by Crippen LogP contribution is 2.22. The van der Waals surface area contributed by atoms with Crippen molar-refractivity contribution >= 4 is 16.9 Å². The zero-order valence-electron chi connectivity index (χ0n) is 14.6. The van der Waals surface area contributed by atoms with Crippen molar-refractivity contribution in [3.05, 3.63) is 72.4 Å². The Morgan fingerprint density at radius 3 is 2.42 bits per heavy atom. The summed E-state index contributed by atoms with van der Waals surface area (Å²) in [6.07, 6.45) is 7.10. The van der Waals surface area contributed by atoms with Crippen LogP contribution in [0.1, 0.15) is 24.2 Å². The molecule has 3 heterocycles. The number of rotatable bonds is 4. The third-order valence-electron chi connectivity index (χ3n) is 4.24. The minimum Gasteiger partial charge on any atom is -0.362 e. The van der Waals surface area contributed by atoms with Gasteiger partial charge in [0.2, 0.25) is 0 Å². The first kappa shape index (κ1) is 16.1. The van der Waals surface area contributed by atoms with Crippen LogP contribution in [0.15, 0.2) is 61.2 Å². The number of aryl methyl sites for hydroxylation is 1. The number of nitrogens with zero attached hydrogens (tertiary/aromatic N) is 5. The molecule has 0 spiro atoms. The summed E-state index contributed by atoms with van der Waals surface area (Å²) < 4.78 is 0. The standard InChI is InChI=1S/C20H18N6/c1-13(24-19-12-22-17-5-3-4-6-18(17)26-19)16-11-23-20(25-14(16)2)15-7-9-21-10-8-15/h3-13H,1-2H3,(H,24,26). The lowest BCUT2D eigenvalue weighted by atomic mass is 10.1. The van der Waals surface area contributed by atoms with Gasteiger partial charge >= 0.3 is 0 Å². The molecule has 1 aromatic carbocycles. The number of anilines is 1. The zero-order valence-corrected chi connectivity index (χ0v) is 14.6. The van der Waals surface area contributed by atoms with Crippen LogP contribution in [0.2, 0.25) is 0 Å². The number of aromatic nitrogens is 5. The van der Waals surface area contributed by atoms with E-state index in [2.05, 4.69) is 37.2 Å². The van der Waals surface area contributed by atoms with Crippen molar-refractivity contribution in [2.75, 3.05) is 5.32 Å². The second-order valence-electron chi connectivity index (χ2n) is 6.08. The number of hydrogen-bond donors (Lipinski definition) is 1. The van der Waals surface area contributed by atoms with Crippen molar-refractivity contribution in [3.63, 3.8) is 0 Å². The van der Waals surface area contributed by atoms with Gasteiger partial charge in [0.25, 0.3) is 0 Å². The minimum atomic E-state index is 0.0111. The van der Waals surface area contributed by atoms with E-state index in [1.54, 1.807) is 18.6 Å². The van der Waals surface area contributed by atoms with E-state index in [9.17, 15) is 0 Å². The average molecular weight is 342 g/mol. The summed E-state index contributed by atoms with van der Waals surface area (Å²) in [7, 11) is 0. The van der Waals surface area contributed by atoms with Crippen molar-refractivity contribution in [3.8, 4) is 11.4 Å². The summed E-state index contributed by atoms with van der Waals surface area (Å²) in [5, 5.41) is 3.39. The van der Waals surface area contributed by atoms with Crippen LogP contribution in [0.3, 0.4) is 0 Å². The Morgan fingerprint density at radius 1 is 0.885 bits per heavy atom. The lowest BCUT2D eigenvalue weighted by molar-refractivity contribution is 0.838. The first-order chi connectivity index (χ1) is 12.7. The number of pyridine rings is 1. The summed E-state index contributed by atoms with van der Waals surface area (Å²) in [5.74, 6) is 1.43. The third kappa shape index (κ3) is 3.21. The smallest absolute Gasteiger partial charge is 0.159 e. The molecule has 0 amide bonds. The van der Waals surface area contributed by atoms with Gasteiger partial charge in [-0.1, -0.05) is 12.1 Å². The molecule has 6 nitrogen and oxygen atoms in total. The molecule has 0 saturated heterocycles. The van der Waals surface area contributed by atoms with Crippen molar-refractivity contribution in [1.29, 1.82) is 0 Å². The topological polar surface area (TPSA) is 76.5 Å². The molecule has 0 aliphatic heterocycles. The summed E-state index contributed by atoms with van der Waals surface area (Å²) in [6, 6.07) is 11.6. The Kier molecular flexibility index (Phi) is 4.23. The quantitative estimate of drug-likeness (QED) is 0.605. The summed E-state index contributed by atoms with van der Waals surface area (Å²) in [4.78, 5) is 22.2. The van der Waals surface area contributed by atoms with Gasteiger partial charge in [-0.05, 0) is 38.1 Å². The van der Waals surface area contributed by atoms with Gasteiger partial charge in [0.05, 0.1) is 23.3 Å². The number of nitrogens with one attached hydrogen (secondary N) is 1. The van der Waals surface area contributed by atoms with Crippen molar-refractivity contribution in [1.82, 2.24) is 24.9 Å². The molecular formula is C20H18N6. The van der Waals surface area contributed by atoms with Gasteiger partial charge in [0.15, 0.2) is 5.82 Å². The van der Waals surface area contributed by atoms with Crippen LogP contribution < -0.4 is 5.32 Å². The largest absolute Gasteiger partial charge is 0.362 e. The molecule has 0 aliphatic carbocycles. The molecule has 4 aromatic rings. The number of benzene rings is 1. The molecule has 0 fully saturated rings. The molecule has 0 radical (unpaired) electrons. The molecule has 3 aromatic heterocycles. The Morgan fingerprint density at radius 2 is 1.65 bits per heavy atom. The average Bonchev–Trinajstić information content (AvgIpc) is 2.68. The van der Waals surface area contributed by atoms with Crippen molar-refractivity contribution in [2.24, 2.45) is 0 Å². The van der Waals surface area contributed by atoms with Gasteiger partial charge in [0.1, 0.15) is 5.82 Å².